The largest absolute Gasteiger partial charge is 0.281 e. The number of alkyl halides is 1. The Bertz CT molecular complexity index is 554. The first-order valence-corrected chi connectivity index (χ1v) is 9.11. The van der Waals surface area contributed by atoms with Crippen molar-refractivity contribution in [3.05, 3.63) is 11.4 Å². The third-order valence-electron chi connectivity index (χ3n) is 3.85. The van der Waals surface area contributed by atoms with Crippen LogP contribution in [0.2, 0.25) is 0 Å². The van der Waals surface area contributed by atoms with Crippen LogP contribution in [0.5, 0.6) is 0 Å². The summed E-state index contributed by atoms with van der Waals surface area (Å²) in [5.41, 5.74) is 0.992. The molecule has 1 fully saturated rings. The average Bonchev–Trinajstić information content (AvgIpc) is 2.81. The van der Waals surface area contributed by atoms with E-state index in [9.17, 15) is 8.42 Å². The minimum Gasteiger partial charge on any atom is -0.281 e. The maximum Gasteiger partial charge on any atom is 0.247 e. The van der Waals surface area contributed by atoms with Gasteiger partial charge in [-0.25, -0.2) is 8.42 Å². The molecule has 7 heteroatoms. The van der Waals surface area contributed by atoms with Crippen molar-refractivity contribution in [1.29, 1.82) is 0 Å². The molecule has 0 bridgehead atoms. The standard InChI is InChI=1S/C13H22ClN3O2S/c1-3-6-11-7-4-5-8-17(11)20(18,19)13-10(2)15-16-12(13)9-14/h11H,3-9H2,1-2H3,(H,15,16). The van der Waals surface area contributed by atoms with Crippen LogP contribution in [0.4, 0.5) is 0 Å². The highest BCUT2D eigenvalue weighted by Crippen LogP contribution is 2.30. The quantitative estimate of drug-likeness (QED) is 0.849. The van der Waals surface area contributed by atoms with Crippen molar-refractivity contribution >= 4 is 21.6 Å². The van der Waals surface area contributed by atoms with E-state index in [4.69, 9.17) is 11.6 Å². The first-order chi connectivity index (χ1) is 9.52. The third-order valence-corrected chi connectivity index (χ3v) is 6.26. The Morgan fingerprint density at radius 1 is 1.45 bits per heavy atom. The van der Waals surface area contributed by atoms with E-state index in [1.54, 1.807) is 11.2 Å². The zero-order valence-electron chi connectivity index (χ0n) is 12.0. The number of hydrogen-bond donors (Lipinski definition) is 1. The fourth-order valence-electron chi connectivity index (χ4n) is 2.93. The minimum absolute atomic E-state index is 0.102. The molecule has 0 aromatic carbocycles. The van der Waals surface area contributed by atoms with Gasteiger partial charge in [-0.1, -0.05) is 19.8 Å². The minimum atomic E-state index is -3.51. The molecule has 0 saturated carbocycles. The predicted octanol–water partition coefficient (Wildman–Crippen LogP) is 2.80. The van der Waals surface area contributed by atoms with Crippen molar-refractivity contribution < 1.29 is 8.42 Å². The Labute approximate surface area is 125 Å². The second-order valence-corrected chi connectivity index (χ2v) is 7.41. The molecule has 1 N–H and O–H groups in total. The molecule has 114 valence electrons. The molecule has 2 rings (SSSR count). The molecule has 1 unspecified atom stereocenters. The number of hydrogen-bond acceptors (Lipinski definition) is 3. The Balaban J connectivity index is 2.39. The molecule has 0 aliphatic carbocycles. The van der Waals surface area contributed by atoms with E-state index < -0.39 is 10.0 Å². The second-order valence-electron chi connectivity index (χ2n) is 5.31. The summed E-state index contributed by atoms with van der Waals surface area (Å²) in [6.07, 6.45) is 4.87. The summed E-state index contributed by atoms with van der Waals surface area (Å²) in [4.78, 5) is 0.274. The lowest BCUT2D eigenvalue weighted by Gasteiger charge is -2.34. The molecule has 0 radical (unpaired) electrons. The highest BCUT2D eigenvalue weighted by molar-refractivity contribution is 7.89. The number of aromatic nitrogens is 2. The van der Waals surface area contributed by atoms with Crippen molar-refractivity contribution in [2.24, 2.45) is 0 Å². The van der Waals surface area contributed by atoms with Crippen LogP contribution in [-0.2, 0) is 15.9 Å². The lowest BCUT2D eigenvalue weighted by Crippen LogP contribution is -2.43. The van der Waals surface area contributed by atoms with Crippen LogP contribution >= 0.6 is 11.6 Å². The molecule has 1 atom stereocenters. The van der Waals surface area contributed by atoms with Gasteiger partial charge in [-0.15, -0.1) is 11.6 Å². The van der Waals surface area contributed by atoms with Crippen LogP contribution in [0.15, 0.2) is 4.90 Å². The summed E-state index contributed by atoms with van der Waals surface area (Å²) in [5, 5.41) is 6.74. The van der Waals surface area contributed by atoms with E-state index >= 15 is 0 Å². The van der Waals surface area contributed by atoms with Gasteiger partial charge in [0, 0.05) is 12.6 Å². The summed E-state index contributed by atoms with van der Waals surface area (Å²) in [7, 11) is -3.51. The highest BCUT2D eigenvalue weighted by atomic mass is 35.5. The first kappa shape index (κ1) is 15.8. The Hall–Kier alpha value is -0.590. The van der Waals surface area contributed by atoms with Crippen molar-refractivity contribution in [1.82, 2.24) is 14.5 Å². The van der Waals surface area contributed by atoms with E-state index in [1.807, 2.05) is 0 Å². The van der Waals surface area contributed by atoms with Gasteiger partial charge in [-0.05, 0) is 26.2 Å². The molecular weight excluding hydrogens is 298 g/mol. The van der Waals surface area contributed by atoms with Crippen LogP contribution in [0.3, 0.4) is 0 Å². The van der Waals surface area contributed by atoms with Crippen LogP contribution in [0.1, 0.15) is 50.4 Å². The molecule has 0 amide bonds. The van der Waals surface area contributed by atoms with Crippen LogP contribution in [0.25, 0.3) is 0 Å². The van der Waals surface area contributed by atoms with Crippen LogP contribution in [-0.4, -0.2) is 35.5 Å². The molecule has 0 spiro atoms. The van der Waals surface area contributed by atoms with Gasteiger partial charge in [-0.2, -0.15) is 9.40 Å². The fraction of sp³-hybridized carbons (Fsp3) is 0.769. The second kappa shape index (κ2) is 6.45. The number of H-pyrrole nitrogens is 1. The van der Waals surface area contributed by atoms with Crippen molar-refractivity contribution in [2.75, 3.05) is 6.54 Å². The van der Waals surface area contributed by atoms with Gasteiger partial charge < -0.3 is 0 Å². The van der Waals surface area contributed by atoms with E-state index in [0.717, 1.165) is 32.1 Å². The van der Waals surface area contributed by atoms with Gasteiger partial charge in [0.15, 0.2) is 0 Å². The summed E-state index contributed by atoms with van der Waals surface area (Å²) >= 11 is 5.82. The smallest absolute Gasteiger partial charge is 0.247 e. The lowest BCUT2D eigenvalue weighted by atomic mass is 10.0. The lowest BCUT2D eigenvalue weighted by molar-refractivity contribution is 0.239. The van der Waals surface area contributed by atoms with E-state index in [1.165, 1.54) is 0 Å². The van der Waals surface area contributed by atoms with E-state index in [2.05, 4.69) is 17.1 Å². The summed E-state index contributed by atoms with van der Waals surface area (Å²) in [5.74, 6) is 0.102. The SMILES string of the molecule is CCCC1CCCCN1S(=O)(=O)c1c(CCl)n[nH]c1C. The third kappa shape index (κ3) is 2.87. The summed E-state index contributed by atoms with van der Waals surface area (Å²) in [6, 6.07) is 0.108. The molecule has 1 aliphatic rings. The molecule has 1 saturated heterocycles. The first-order valence-electron chi connectivity index (χ1n) is 7.14. The summed E-state index contributed by atoms with van der Waals surface area (Å²) < 4.78 is 27.5. The Morgan fingerprint density at radius 2 is 2.20 bits per heavy atom. The van der Waals surface area contributed by atoms with Gasteiger partial charge in [0.1, 0.15) is 4.90 Å². The van der Waals surface area contributed by atoms with Gasteiger partial charge in [0.2, 0.25) is 10.0 Å². The van der Waals surface area contributed by atoms with E-state index in [-0.39, 0.29) is 16.8 Å². The molecular formula is C13H22ClN3O2S. The number of aromatic amines is 1. The van der Waals surface area contributed by atoms with Crippen molar-refractivity contribution in [3.8, 4) is 0 Å². The Kier molecular flexibility index (Phi) is 5.09. The van der Waals surface area contributed by atoms with Gasteiger partial charge in [-0.3, -0.25) is 5.10 Å². The Morgan fingerprint density at radius 3 is 2.85 bits per heavy atom. The number of sulfonamides is 1. The van der Waals surface area contributed by atoms with Gasteiger partial charge in [0.25, 0.3) is 0 Å². The summed E-state index contributed by atoms with van der Waals surface area (Å²) in [6.45, 7) is 4.42. The predicted molar refractivity (Wildman–Crippen MR) is 79.3 cm³/mol. The normalized spacial score (nSPS) is 21.2. The molecule has 2 heterocycles. The number of piperidine rings is 1. The zero-order valence-corrected chi connectivity index (χ0v) is 13.6. The number of aryl methyl sites for hydroxylation is 1. The highest BCUT2D eigenvalue weighted by Gasteiger charge is 2.36. The monoisotopic (exact) mass is 319 g/mol. The zero-order chi connectivity index (χ0) is 14.8. The molecule has 1 aromatic rings. The average molecular weight is 320 g/mol. The van der Waals surface area contributed by atoms with E-state index in [0.29, 0.717) is 17.9 Å². The number of rotatable bonds is 5. The molecule has 1 aromatic heterocycles. The number of nitrogens with zero attached hydrogens (tertiary/aromatic N) is 2. The van der Waals surface area contributed by atoms with Gasteiger partial charge >= 0.3 is 0 Å². The topological polar surface area (TPSA) is 66.1 Å². The van der Waals surface area contributed by atoms with Crippen molar-refractivity contribution in [2.45, 2.75) is 62.8 Å². The van der Waals surface area contributed by atoms with Crippen LogP contribution < -0.4 is 0 Å². The molecule has 20 heavy (non-hydrogen) atoms. The maximum atomic E-state index is 12.9. The maximum absolute atomic E-state index is 12.9. The van der Waals surface area contributed by atoms with Crippen LogP contribution in [0, 0.1) is 6.92 Å². The number of nitrogens with one attached hydrogen (secondary N) is 1. The molecule has 5 nitrogen and oxygen atoms in total. The van der Waals surface area contributed by atoms with Gasteiger partial charge in [0.05, 0.1) is 17.3 Å². The number of halogens is 1. The fourth-order valence-corrected chi connectivity index (χ4v) is 5.26. The molecule has 1 aliphatic heterocycles. The van der Waals surface area contributed by atoms with Crippen molar-refractivity contribution in [3.63, 3.8) is 0 Å².